The van der Waals surface area contributed by atoms with E-state index in [0.717, 1.165) is 28.6 Å². The molecule has 0 unspecified atom stereocenters. The average molecular weight is 603 g/mol. The smallest absolute Gasteiger partial charge is 0.428 e. The Bertz CT molecular complexity index is 1460. The SMILES string of the molecule is CCC(=O)NCC(=NC(N)=O)N(C(=O)O)N1CCC[C@@H](C2CC2)[C@]1(CCCO)NS(=O)(=O)c1ccc2ccccc2c1. The minimum Gasteiger partial charge on any atom is -0.464 e. The number of sulfonamides is 1. The number of nitrogens with two attached hydrogens (primary N) is 1. The number of amides is 4. The van der Waals surface area contributed by atoms with Gasteiger partial charge in [0, 0.05) is 19.6 Å². The summed E-state index contributed by atoms with van der Waals surface area (Å²) in [6, 6.07) is 10.9. The fourth-order valence-electron chi connectivity index (χ4n) is 5.91. The minimum atomic E-state index is -4.24. The summed E-state index contributed by atoms with van der Waals surface area (Å²) in [4.78, 5) is 40.6. The van der Waals surface area contributed by atoms with E-state index >= 15 is 0 Å². The Balaban J connectivity index is 1.85. The van der Waals surface area contributed by atoms with Gasteiger partial charge in [0.05, 0.1) is 11.4 Å². The van der Waals surface area contributed by atoms with Crippen LogP contribution in [0.5, 0.6) is 0 Å². The summed E-state index contributed by atoms with van der Waals surface area (Å²) in [5, 5.41) is 26.6. The number of carboxylic acid groups (broad SMARTS) is 1. The molecule has 0 aromatic heterocycles. The molecule has 2 atom stereocenters. The topological polar surface area (TPSA) is 195 Å². The molecule has 0 bridgehead atoms. The lowest BCUT2D eigenvalue weighted by molar-refractivity contribution is -0.124. The molecule has 1 saturated carbocycles. The third-order valence-electron chi connectivity index (χ3n) is 7.88. The highest BCUT2D eigenvalue weighted by Gasteiger charge is 2.56. The molecule has 1 aliphatic carbocycles. The Labute approximate surface area is 244 Å². The summed E-state index contributed by atoms with van der Waals surface area (Å²) in [6.07, 6.45) is 1.67. The summed E-state index contributed by atoms with van der Waals surface area (Å²) in [7, 11) is -4.24. The molecular weight excluding hydrogens is 564 g/mol. The lowest BCUT2D eigenvalue weighted by Crippen LogP contribution is -2.73. The van der Waals surface area contributed by atoms with E-state index in [4.69, 9.17) is 5.73 Å². The zero-order valence-corrected chi connectivity index (χ0v) is 24.3. The number of nitrogens with one attached hydrogen (secondary N) is 2. The van der Waals surface area contributed by atoms with Gasteiger partial charge in [-0.3, -0.25) is 4.79 Å². The molecule has 2 aliphatic rings. The Morgan fingerprint density at radius 3 is 2.48 bits per heavy atom. The lowest BCUT2D eigenvalue weighted by atomic mass is 9.78. The molecule has 14 heteroatoms. The quantitative estimate of drug-likeness (QED) is 0.191. The van der Waals surface area contributed by atoms with Gasteiger partial charge in [-0.05, 0) is 73.3 Å². The van der Waals surface area contributed by atoms with Crippen molar-refractivity contribution in [3.05, 3.63) is 42.5 Å². The fraction of sp³-hybridized carbons (Fsp3) is 0.500. The molecule has 42 heavy (non-hydrogen) atoms. The number of amidine groups is 1. The third kappa shape index (κ3) is 6.89. The van der Waals surface area contributed by atoms with Gasteiger partial charge in [0.25, 0.3) is 0 Å². The van der Waals surface area contributed by atoms with Crippen LogP contribution in [0.15, 0.2) is 52.4 Å². The number of carbonyl (C=O) groups is 3. The molecule has 1 aliphatic heterocycles. The first-order valence-corrected chi connectivity index (χ1v) is 15.6. The average Bonchev–Trinajstić information content (AvgIpc) is 3.80. The number of nitrogens with zero attached hydrogens (tertiary/aromatic N) is 3. The first kappa shape index (κ1) is 31.3. The van der Waals surface area contributed by atoms with E-state index in [1.54, 1.807) is 25.1 Å². The first-order chi connectivity index (χ1) is 20.0. The van der Waals surface area contributed by atoms with Gasteiger partial charge in [0.2, 0.25) is 15.9 Å². The predicted octanol–water partition coefficient (Wildman–Crippen LogP) is 2.61. The van der Waals surface area contributed by atoms with Gasteiger partial charge in [-0.15, -0.1) is 0 Å². The van der Waals surface area contributed by atoms with Crippen LogP contribution >= 0.6 is 0 Å². The number of rotatable bonds is 11. The van der Waals surface area contributed by atoms with E-state index in [0.29, 0.717) is 12.8 Å². The minimum absolute atomic E-state index is 0.00718. The molecule has 0 radical (unpaired) electrons. The van der Waals surface area contributed by atoms with Gasteiger partial charge < -0.3 is 21.3 Å². The van der Waals surface area contributed by atoms with Crippen molar-refractivity contribution in [2.24, 2.45) is 22.6 Å². The van der Waals surface area contributed by atoms with Gasteiger partial charge in [-0.1, -0.05) is 37.3 Å². The fourth-order valence-corrected chi connectivity index (χ4v) is 7.38. The van der Waals surface area contributed by atoms with Crippen molar-refractivity contribution in [2.75, 3.05) is 19.7 Å². The van der Waals surface area contributed by atoms with Gasteiger partial charge in [0.15, 0.2) is 5.84 Å². The van der Waals surface area contributed by atoms with E-state index < -0.39 is 40.3 Å². The standard InChI is InChI=1S/C28H38N6O7S/c1-2-25(36)30-18-24(31-26(29)37)34(27(38)39)33-15-5-9-23(20-10-11-20)28(33,14-6-16-35)32-42(40,41)22-13-12-19-7-3-4-8-21(19)17-22/h3-4,7-8,12-13,17,20,23,32,35H,2,5-6,9-11,14-16,18H2,1H3,(H2,29,37)(H,30,36)(H,38,39)/t23-,28+/m0/s1. The molecule has 2 aromatic carbocycles. The summed E-state index contributed by atoms with van der Waals surface area (Å²) in [5.74, 6) is -0.963. The van der Waals surface area contributed by atoms with Gasteiger partial charge >= 0.3 is 12.1 Å². The molecule has 2 fully saturated rings. The number of hydrazine groups is 1. The molecule has 13 nitrogen and oxygen atoms in total. The zero-order valence-electron chi connectivity index (χ0n) is 23.5. The first-order valence-electron chi connectivity index (χ1n) is 14.1. The van der Waals surface area contributed by atoms with Crippen LogP contribution in [0.2, 0.25) is 0 Å². The van der Waals surface area contributed by atoms with Crippen molar-refractivity contribution < 1.29 is 33.0 Å². The summed E-state index contributed by atoms with van der Waals surface area (Å²) < 4.78 is 31.1. The Kier molecular flexibility index (Phi) is 9.82. The molecule has 4 amide bonds. The molecular formula is C28H38N6O7S. The number of aliphatic hydroxyl groups excluding tert-OH is 1. The molecule has 0 spiro atoms. The van der Waals surface area contributed by atoms with Gasteiger partial charge in [-0.25, -0.2) is 18.0 Å². The van der Waals surface area contributed by atoms with Crippen molar-refractivity contribution in [2.45, 2.75) is 62.4 Å². The highest BCUT2D eigenvalue weighted by atomic mass is 32.2. The van der Waals surface area contributed by atoms with Crippen molar-refractivity contribution in [3.8, 4) is 0 Å². The number of fused-ring (bicyclic) bond motifs is 1. The van der Waals surface area contributed by atoms with E-state index in [-0.39, 0.29) is 55.0 Å². The normalized spacial score (nSPS) is 21.7. The van der Waals surface area contributed by atoms with Crippen molar-refractivity contribution in [3.63, 3.8) is 0 Å². The molecule has 1 heterocycles. The van der Waals surface area contributed by atoms with E-state index in [2.05, 4.69) is 15.0 Å². The largest absolute Gasteiger partial charge is 0.464 e. The van der Waals surface area contributed by atoms with Crippen molar-refractivity contribution in [1.82, 2.24) is 20.1 Å². The van der Waals surface area contributed by atoms with Gasteiger partial charge in [-0.2, -0.15) is 19.7 Å². The van der Waals surface area contributed by atoms with Crippen LogP contribution < -0.4 is 15.8 Å². The van der Waals surface area contributed by atoms with Crippen LogP contribution in [-0.4, -0.2) is 77.9 Å². The Morgan fingerprint density at radius 1 is 1.14 bits per heavy atom. The highest BCUT2D eigenvalue weighted by Crippen LogP contribution is 2.50. The number of aliphatic hydroxyl groups is 1. The Morgan fingerprint density at radius 2 is 1.86 bits per heavy atom. The molecule has 4 rings (SSSR count). The predicted molar refractivity (Wildman–Crippen MR) is 156 cm³/mol. The molecule has 228 valence electrons. The molecule has 1 saturated heterocycles. The van der Waals surface area contributed by atoms with Gasteiger partial charge in [0.1, 0.15) is 5.66 Å². The molecule has 2 aromatic rings. The number of hydrogen-bond acceptors (Lipinski definition) is 7. The summed E-state index contributed by atoms with van der Waals surface area (Å²) in [6.45, 7) is 1.02. The number of piperidine rings is 1. The van der Waals surface area contributed by atoms with E-state index in [9.17, 15) is 33.0 Å². The van der Waals surface area contributed by atoms with Crippen LogP contribution in [0.25, 0.3) is 10.8 Å². The van der Waals surface area contributed by atoms with E-state index in [1.807, 2.05) is 18.2 Å². The highest BCUT2D eigenvalue weighted by molar-refractivity contribution is 7.89. The number of primary amides is 1. The molecule has 6 N–H and O–H groups in total. The van der Waals surface area contributed by atoms with Crippen LogP contribution in [0.3, 0.4) is 0 Å². The lowest BCUT2D eigenvalue weighted by Gasteiger charge is -2.55. The third-order valence-corrected chi connectivity index (χ3v) is 9.38. The second-order valence-corrected chi connectivity index (χ2v) is 12.3. The maximum Gasteiger partial charge on any atom is 0.428 e. The Hall–Kier alpha value is -3.59. The summed E-state index contributed by atoms with van der Waals surface area (Å²) >= 11 is 0. The monoisotopic (exact) mass is 602 g/mol. The number of urea groups is 1. The maximum atomic E-state index is 14.1. The van der Waals surface area contributed by atoms with Crippen LogP contribution in [-0.2, 0) is 14.8 Å². The second-order valence-electron chi connectivity index (χ2n) is 10.7. The number of benzene rings is 2. The number of hydrogen-bond donors (Lipinski definition) is 5. The van der Waals surface area contributed by atoms with Crippen molar-refractivity contribution in [1.29, 1.82) is 0 Å². The summed E-state index contributed by atoms with van der Waals surface area (Å²) in [5.41, 5.74) is 3.83. The zero-order chi connectivity index (χ0) is 30.5. The second kappa shape index (κ2) is 13.2. The maximum absolute atomic E-state index is 14.1. The van der Waals surface area contributed by atoms with Crippen LogP contribution in [0.4, 0.5) is 9.59 Å². The van der Waals surface area contributed by atoms with E-state index in [1.165, 1.54) is 11.1 Å². The number of carbonyl (C=O) groups excluding carboxylic acids is 2. The van der Waals surface area contributed by atoms with Crippen molar-refractivity contribution >= 4 is 44.7 Å². The van der Waals surface area contributed by atoms with Crippen LogP contribution in [0, 0.1) is 11.8 Å². The number of aliphatic imine (C=N–C) groups is 1. The van der Waals surface area contributed by atoms with Crippen LogP contribution in [0.1, 0.15) is 51.9 Å².